The van der Waals surface area contributed by atoms with E-state index in [1.54, 1.807) is 29.1 Å². The van der Waals surface area contributed by atoms with Gasteiger partial charge in [0, 0.05) is 12.1 Å². The highest BCUT2D eigenvalue weighted by Gasteiger charge is 2.14. The van der Waals surface area contributed by atoms with Crippen molar-refractivity contribution in [2.45, 2.75) is 26.6 Å². The molecule has 0 aliphatic rings. The average molecular weight is 440 g/mol. The summed E-state index contributed by atoms with van der Waals surface area (Å²) < 4.78 is 31.3. The summed E-state index contributed by atoms with van der Waals surface area (Å²) in [6.45, 7) is 0.0850. The molecule has 0 radical (unpaired) electrons. The van der Waals surface area contributed by atoms with E-state index in [4.69, 9.17) is 0 Å². The number of hydrogen-bond acceptors (Lipinski definition) is 4. The number of halogens is 3. The molecule has 0 aliphatic carbocycles. The van der Waals surface area contributed by atoms with Crippen LogP contribution < -0.4 is 10.1 Å². The number of amides is 1. The normalized spacial score (nSPS) is 11.0. The first-order valence-corrected chi connectivity index (χ1v) is 8.86. The lowest BCUT2D eigenvalue weighted by atomic mass is 10.1. The number of carbonyl (C=O) groups is 1. The SMILES string of the molecule is CCn1ncc(Br)c1CNC(=O)c1cc(-c2ccc(OC(F)F)cc2)n[nH]1. The van der Waals surface area contributed by atoms with E-state index in [1.165, 1.54) is 12.1 Å². The summed E-state index contributed by atoms with van der Waals surface area (Å²) in [5.74, 6) is -0.262. The van der Waals surface area contributed by atoms with Crippen LogP contribution in [0.2, 0.25) is 0 Å². The first-order valence-electron chi connectivity index (χ1n) is 8.07. The smallest absolute Gasteiger partial charge is 0.387 e. The van der Waals surface area contributed by atoms with Crippen LogP contribution >= 0.6 is 15.9 Å². The molecule has 0 aliphatic heterocycles. The molecule has 0 saturated carbocycles. The van der Waals surface area contributed by atoms with Gasteiger partial charge in [-0.3, -0.25) is 14.6 Å². The van der Waals surface area contributed by atoms with Crippen LogP contribution in [-0.2, 0) is 13.1 Å². The number of nitrogens with one attached hydrogen (secondary N) is 2. The highest BCUT2D eigenvalue weighted by atomic mass is 79.9. The second-order valence-electron chi connectivity index (χ2n) is 5.51. The molecule has 3 aromatic rings. The van der Waals surface area contributed by atoms with Crippen molar-refractivity contribution in [1.82, 2.24) is 25.3 Å². The molecule has 0 saturated heterocycles. The number of aromatic nitrogens is 4. The van der Waals surface area contributed by atoms with Gasteiger partial charge < -0.3 is 10.1 Å². The Morgan fingerprint density at radius 2 is 2.11 bits per heavy atom. The lowest BCUT2D eigenvalue weighted by Crippen LogP contribution is -2.25. The number of nitrogens with zero attached hydrogens (tertiary/aromatic N) is 3. The summed E-state index contributed by atoms with van der Waals surface area (Å²) in [6.07, 6.45) is 1.68. The molecule has 10 heteroatoms. The van der Waals surface area contributed by atoms with Crippen molar-refractivity contribution in [3.8, 4) is 17.0 Å². The number of ether oxygens (including phenoxy) is 1. The highest BCUT2D eigenvalue weighted by Crippen LogP contribution is 2.22. The zero-order valence-electron chi connectivity index (χ0n) is 14.2. The maximum absolute atomic E-state index is 12.3. The van der Waals surface area contributed by atoms with Gasteiger partial charge in [0.1, 0.15) is 11.4 Å². The maximum Gasteiger partial charge on any atom is 0.387 e. The average Bonchev–Trinajstić information content (AvgIpc) is 3.27. The van der Waals surface area contributed by atoms with Gasteiger partial charge in [0.15, 0.2) is 0 Å². The van der Waals surface area contributed by atoms with E-state index in [0.717, 1.165) is 10.2 Å². The molecule has 27 heavy (non-hydrogen) atoms. The van der Waals surface area contributed by atoms with Crippen molar-refractivity contribution in [2.24, 2.45) is 0 Å². The van der Waals surface area contributed by atoms with Gasteiger partial charge in [0.25, 0.3) is 5.91 Å². The number of aromatic amines is 1. The quantitative estimate of drug-likeness (QED) is 0.588. The highest BCUT2D eigenvalue weighted by molar-refractivity contribution is 9.10. The molecule has 0 spiro atoms. The van der Waals surface area contributed by atoms with Crippen LogP contribution in [0.15, 0.2) is 41.0 Å². The summed E-state index contributed by atoms with van der Waals surface area (Å²) in [6, 6.07) is 7.60. The molecule has 0 fully saturated rings. The van der Waals surface area contributed by atoms with Crippen LogP contribution in [0.1, 0.15) is 23.1 Å². The summed E-state index contributed by atoms with van der Waals surface area (Å²) in [7, 11) is 0. The first kappa shape index (κ1) is 19.0. The number of alkyl halides is 2. The van der Waals surface area contributed by atoms with E-state index in [9.17, 15) is 13.6 Å². The second-order valence-corrected chi connectivity index (χ2v) is 6.36. The minimum absolute atomic E-state index is 0.0559. The van der Waals surface area contributed by atoms with Gasteiger partial charge in [-0.1, -0.05) is 0 Å². The van der Waals surface area contributed by atoms with Crippen LogP contribution in [0.25, 0.3) is 11.3 Å². The second kappa shape index (κ2) is 8.30. The third-order valence-electron chi connectivity index (χ3n) is 3.81. The molecule has 3 rings (SSSR count). The van der Waals surface area contributed by atoms with Crippen LogP contribution in [0.4, 0.5) is 8.78 Å². The van der Waals surface area contributed by atoms with Gasteiger partial charge in [0.2, 0.25) is 0 Å². The van der Waals surface area contributed by atoms with Crippen LogP contribution in [0.3, 0.4) is 0 Å². The Labute approximate surface area is 161 Å². The van der Waals surface area contributed by atoms with Crippen molar-refractivity contribution in [2.75, 3.05) is 0 Å². The number of carbonyl (C=O) groups excluding carboxylic acids is 1. The largest absolute Gasteiger partial charge is 0.435 e. The van der Waals surface area contributed by atoms with E-state index in [-0.39, 0.29) is 17.4 Å². The molecule has 1 aromatic carbocycles. The Morgan fingerprint density at radius 1 is 1.37 bits per heavy atom. The number of benzene rings is 1. The molecule has 142 valence electrons. The summed E-state index contributed by atoms with van der Waals surface area (Å²) >= 11 is 3.41. The third-order valence-corrected chi connectivity index (χ3v) is 4.47. The molecule has 1 amide bonds. The van der Waals surface area contributed by atoms with Crippen molar-refractivity contribution in [3.63, 3.8) is 0 Å². The predicted octanol–water partition coefficient (Wildman–Crippen LogP) is 3.59. The van der Waals surface area contributed by atoms with Gasteiger partial charge in [-0.25, -0.2) is 0 Å². The van der Waals surface area contributed by atoms with Gasteiger partial charge in [-0.2, -0.15) is 19.0 Å². The minimum Gasteiger partial charge on any atom is -0.435 e. The van der Waals surface area contributed by atoms with E-state index in [2.05, 4.69) is 41.3 Å². The van der Waals surface area contributed by atoms with Crippen molar-refractivity contribution in [3.05, 3.63) is 52.4 Å². The van der Waals surface area contributed by atoms with Gasteiger partial charge in [-0.05, 0) is 53.2 Å². The predicted molar refractivity (Wildman–Crippen MR) is 97.4 cm³/mol. The number of H-pyrrole nitrogens is 1. The molecular formula is C17H16BrF2N5O2. The first-order chi connectivity index (χ1) is 13.0. The minimum atomic E-state index is -2.87. The van der Waals surface area contributed by atoms with Crippen LogP contribution in [0.5, 0.6) is 5.75 Å². The van der Waals surface area contributed by atoms with E-state index in [1.807, 2.05) is 6.92 Å². The molecule has 0 atom stereocenters. The Morgan fingerprint density at radius 3 is 2.78 bits per heavy atom. The third kappa shape index (κ3) is 4.51. The summed E-state index contributed by atoms with van der Waals surface area (Å²) in [5, 5.41) is 13.8. The lowest BCUT2D eigenvalue weighted by Gasteiger charge is -2.06. The van der Waals surface area contributed by atoms with Gasteiger partial charge in [-0.15, -0.1) is 0 Å². The van der Waals surface area contributed by atoms with Crippen molar-refractivity contribution in [1.29, 1.82) is 0 Å². The molecule has 0 unspecified atom stereocenters. The molecule has 0 bridgehead atoms. The number of hydrogen-bond donors (Lipinski definition) is 2. The van der Waals surface area contributed by atoms with Crippen LogP contribution in [-0.4, -0.2) is 32.5 Å². The zero-order chi connectivity index (χ0) is 19.4. The fourth-order valence-corrected chi connectivity index (χ4v) is 2.92. The topological polar surface area (TPSA) is 84.8 Å². The van der Waals surface area contributed by atoms with E-state index in [0.29, 0.717) is 24.3 Å². The fourth-order valence-electron chi connectivity index (χ4n) is 2.49. The molecule has 2 N–H and O–H groups in total. The van der Waals surface area contributed by atoms with Crippen LogP contribution in [0, 0.1) is 0 Å². The standard InChI is InChI=1S/C17H16BrF2N5O2/c1-2-25-15(12(18)8-22-25)9-21-16(26)14-7-13(23-24-14)10-3-5-11(6-4-10)27-17(19)20/h3-8,17H,2,9H2,1H3,(H,21,26)(H,23,24). The maximum atomic E-state index is 12.3. The Hall–Kier alpha value is -2.75. The fraction of sp³-hybridized carbons (Fsp3) is 0.235. The Balaban J connectivity index is 1.66. The van der Waals surface area contributed by atoms with E-state index >= 15 is 0 Å². The Bertz CT molecular complexity index is 924. The van der Waals surface area contributed by atoms with Crippen molar-refractivity contribution >= 4 is 21.8 Å². The van der Waals surface area contributed by atoms with Crippen molar-refractivity contribution < 1.29 is 18.3 Å². The monoisotopic (exact) mass is 439 g/mol. The molecule has 2 heterocycles. The lowest BCUT2D eigenvalue weighted by molar-refractivity contribution is -0.0498. The van der Waals surface area contributed by atoms with Gasteiger partial charge >= 0.3 is 6.61 Å². The molecular weight excluding hydrogens is 424 g/mol. The van der Waals surface area contributed by atoms with E-state index < -0.39 is 6.61 Å². The molecule has 7 nitrogen and oxygen atoms in total. The summed E-state index contributed by atoms with van der Waals surface area (Å²) in [5.41, 5.74) is 2.33. The number of aryl methyl sites for hydroxylation is 1. The number of rotatable bonds is 7. The summed E-state index contributed by atoms with van der Waals surface area (Å²) in [4.78, 5) is 12.3. The Kier molecular flexibility index (Phi) is 5.84. The van der Waals surface area contributed by atoms with Gasteiger partial charge in [0.05, 0.1) is 28.6 Å². The zero-order valence-corrected chi connectivity index (χ0v) is 15.8. The molecule has 2 aromatic heterocycles.